The molecule has 0 atom stereocenters. The minimum Gasteiger partial charge on any atom is -0.357 e. The molecule has 0 bridgehead atoms. The van der Waals surface area contributed by atoms with Gasteiger partial charge in [-0.3, -0.25) is 9.89 Å². The number of aliphatic imine (C=N–C) groups is 1. The number of unbranched alkanes of at least 4 members (excludes halogenated alkanes) is 1. The van der Waals surface area contributed by atoms with Crippen molar-refractivity contribution in [2.24, 2.45) is 4.99 Å². The summed E-state index contributed by atoms with van der Waals surface area (Å²) in [5, 5.41) is 8.98. The number of fused-ring (bicyclic) bond motifs is 1. The number of guanidine groups is 1. The molecule has 5 heteroatoms. The van der Waals surface area contributed by atoms with Gasteiger partial charge in [-0.1, -0.05) is 13.3 Å². The van der Waals surface area contributed by atoms with Crippen LogP contribution in [0.2, 0.25) is 0 Å². The van der Waals surface area contributed by atoms with Crippen LogP contribution < -0.4 is 10.6 Å². The van der Waals surface area contributed by atoms with E-state index < -0.39 is 0 Å². The normalized spacial score (nSPS) is 15.8. The smallest absolute Gasteiger partial charge is 0.191 e. The maximum Gasteiger partial charge on any atom is 0.191 e. The zero-order chi connectivity index (χ0) is 14.9. The molecule has 2 heterocycles. The Morgan fingerprint density at radius 3 is 3.10 bits per heavy atom. The molecule has 2 rings (SSSR count). The third kappa shape index (κ3) is 5.32. The first-order valence-electron chi connectivity index (χ1n) is 8.13. The molecule has 0 saturated carbocycles. The molecule has 1 aliphatic rings. The first-order valence-corrected chi connectivity index (χ1v) is 9.01. The molecule has 1 aromatic heterocycles. The van der Waals surface area contributed by atoms with Crippen LogP contribution in [0.15, 0.2) is 16.4 Å². The van der Waals surface area contributed by atoms with Gasteiger partial charge in [0.1, 0.15) is 0 Å². The van der Waals surface area contributed by atoms with Gasteiger partial charge in [-0.05, 0) is 36.8 Å². The monoisotopic (exact) mass is 308 g/mol. The van der Waals surface area contributed by atoms with Crippen LogP contribution in [-0.2, 0) is 13.0 Å². The predicted octanol–water partition coefficient (Wildman–Crippen LogP) is 2.46. The van der Waals surface area contributed by atoms with Crippen molar-refractivity contribution in [1.82, 2.24) is 15.5 Å². The van der Waals surface area contributed by atoms with Crippen LogP contribution in [-0.4, -0.2) is 43.6 Å². The van der Waals surface area contributed by atoms with Crippen molar-refractivity contribution in [1.29, 1.82) is 0 Å². The van der Waals surface area contributed by atoms with E-state index >= 15 is 0 Å². The van der Waals surface area contributed by atoms with Crippen molar-refractivity contribution < 1.29 is 0 Å². The van der Waals surface area contributed by atoms with Gasteiger partial charge in [0.2, 0.25) is 0 Å². The average Bonchev–Trinajstić information content (AvgIpc) is 2.95. The third-order valence-corrected chi connectivity index (χ3v) is 4.76. The summed E-state index contributed by atoms with van der Waals surface area (Å²) in [6, 6.07) is 2.27. The van der Waals surface area contributed by atoms with E-state index in [1.807, 2.05) is 11.3 Å². The van der Waals surface area contributed by atoms with Crippen LogP contribution in [0.4, 0.5) is 0 Å². The van der Waals surface area contributed by atoms with Gasteiger partial charge in [0.05, 0.1) is 0 Å². The third-order valence-electron chi connectivity index (χ3n) is 3.73. The Morgan fingerprint density at radius 1 is 1.38 bits per heavy atom. The van der Waals surface area contributed by atoms with Gasteiger partial charge in [-0.2, -0.15) is 0 Å². The summed E-state index contributed by atoms with van der Waals surface area (Å²) in [6.45, 7) is 10.5. The van der Waals surface area contributed by atoms with Gasteiger partial charge in [-0.25, -0.2) is 0 Å². The Morgan fingerprint density at radius 2 is 2.29 bits per heavy atom. The van der Waals surface area contributed by atoms with E-state index in [9.17, 15) is 0 Å². The molecule has 0 amide bonds. The summed E-state index contributed by atoms with van der Waals surface area (Å²) >= 11 is 1.90. The van der Waals surface area contributed by atoms with Crippen LogP contribution in [0.5, 0.6) is 0 Å². The van der Waals surface area contributed by atoms with E-state index in [4.69, 9.17) is 0 Å². The molecule has 4 nitrogen and oxygen atoms in total. The Bertz CT molecular complexity index is 441. The van der Waals surface area contributed by atoms with Crippen molar-refractivity contribution in [3.05, 3.63) is 21.9 Å². The number of thiophene rings is 1. The molecule has 0 fully saturated rings. The van der Waals surface area contributed by atoms with E-state index in [2.05, 4.69) is 45.8 Å². The molecule has 0 saturated heterocycles. The Balaban J connectivity index is 1.71. The van der Waals surface area contributed by atoms with Crippen molar-refractivity contribution in [2.45, 2.75) is 39.7 Å². The van der Waals surface area contributed by atoms with Crippen LogP contribution in [0, 0.1) is 0 Å². The van der Waals surface area contributed by atoms with Gasteiger partial charge < -0.3 is 10.6 Å². The molecule has 2 N–H and O–H groups in total. The second-order valence-corrected chi connectivity index (χ2v) is 6.44. The summed E-state index contributed by atoms with van der Waals surface area (Å²) in [7, 11) is 0. The standard InChI is InChI=1S/C16H28N4S/c1-3-5-8-18-16(17-4-2)19-9-11-20-10-6-15-14(13-20)7-12-21-15/h7,12H,3-6,8-11,13H2,1-2H3,(H2,17,18,19). The minimum absolute atomic E-state index is 0.911. The minimum atomic E-state index is 0.911. The zero-order valence-electron chi connectivity index (χ0n) is 13.3. The van der Waals surface area contributed by atoms with E-state index in [0.29, 0.717) is 0 Å². The Hall–Kier alpha value is -1.07. The first-order chi connectivity index (χ1) is 10.3. The number of hydrogen-bond acceptors (Lipinski definition) is 3. The fraction of sp³-hybridized carbons (Fsp3) is 0.688. The Labute approximate surface area is 132 Å². The molecular weight excluding hydrogens is 280 g/mol. The fourth-order valence-electron chi connectivity index (χ4n) is 2.52. The second kappa shape index (κ2) is 9.05. The molecular formula is C16H28N4S. The molecule has 0 aromatic carbocycles. The van der Waals surface area contributed by atoms with E-state index in [1.54, 1.807) is 4.88 Å². The quantitative estimate of drug-likeness (QED) is 0.462. The molecule has 0 radical (unpaired) electrons. The maximum atomic E-state index is 4.59. The van der Waals surface area contributed by atoms with Crippen molar-refractivity contribution in [3.63, 3.8) is 0 Å². The van der Waals surface area contributed by atoms with Gasteiger partial charge >= 0.3 is 0 Å². The number of hydrogen-bond donors (Lipinski definition) is 2. The van der Waals surface area contributed by atoms with Gasteiger partial charge in [0, 0.05) is 44.1 Å². The van der Waals surface area contributed by atoms with Crippen molar-refractivity contribution >= 4 is 17.3 Å². The highest BCUT2D eigenvalue weighted by molar-refractivity contribution is 7.10. The molecule has 21 heavy (non-hydrogen) atoms. The van der Waals surface area contributed by atoms with Gasteiger partial charge in [-0.15, -0.1) is 11.3 Å². The topological polar surface area (TPSA) is 39.7 Å². The lowest BCUT2D eigenvalue weighted by Gasteiger charge is -2.27. The van der Waals surface area contributed by atoms with Crippen molar-refractivity contribution in [3.8, 4) is 0 Å². The van der Waals surface area contributed by atoms with E-state index in [0.717, 1.165) is 45.1 Å². The van der Waals surface area contributed by atoms with Crippen LogP contribution in [0.25, 0.3) is 0 Å². The van der Waals surface area contributed by atoms with Crippen molar-refractivity contribution in [2.75, 3.05) is 32.7 Å². The Kier molecular flexibility index (Phi) is 7.03. The highest BCUT2D eigenvalue weighted by Crippen LogP contribution is 2.23. The lowest BCUT2D eigenvalue weighted by atomic mass is 10.1. The highest BCUT2D eigenvalue weighted by Gasteiger charge is 2.16. The molecule has 0 spiro atoms. The van der Waals surface area contributed by atoms with Crippen LogP contribution in [0.3, 0.4) is 0 Å². The summed E-state index contributed by atoms with van der Waals surface area (Å²) in [5.74, 6) is 0.958. The van der Waals surface area contributed by atoms with Gasteiger partial charge in [0.15, 0.2) is 5.96 Å². The predicted molar refractivity (Wildman–Crippen MR) is 92.2 cm³/mol. The summed E-state index contributed by atoms with van der Waals surface area (Å²) in [4.78, 5) is 8.69. The molecule has 0 unspecified atom stereocenters. The van der Waals surface area contributed by atoms with Gasteiger partial charge in [0.25, 0.3) is 0 Å². The maximum absolute atomic E-state index is 4.59. The van der Waals surface area contributed by atoms with Crippen LogP contribution in [0.1, 0.15) is 37.1 Å². The summed E-state index contributed by atoms with van der Waals surface area (Å²) < 4.78 is 0. The summed E-state index contributed by atoms with van der Waals surface area (Å²) in [5.41, 5.74) is 1.52. The first kappa shape index (κ1) is 16.3. The number of nitrogens with zero attached hydrogens (tertiary/aromatic N) is 2. The fourth-order valence-corrected chi connectivity index (χ4v) is 3.41. The lowest BCUT2D eigenvalue weighted by Crippen LogP contribution is -2.42. The number of nitrogens with one attached hydrogen (secondary N) is 2. The molecule has 0 aliphatic carbocycles. The van der Waals surface area contributed by atoms with E-state index in [-0.39, 0.29) is 0 Å². The second-order valence-electron chi connectivity index (χ2n) is 5.44. The summed E-state index contributed by atoms with van der Waals surface area (Å²) in [6.07, 6.45) is 3.56. The highest BCUT2D eigenvalue weighted by atomic mass is 32.1. The molecule has 1 aromatic rings. The molecule has 118 valence electrons. The van der Waals surface area contributed by atoms with E-state index in [1.165, 1.54) is 24.9 Å². The van der Waals surface area contributed by atoms with Crippen LogP contribution >= 0.6 is 11.3 Å². The average molecular weight is 308 g/mol. The number of rotatable bonds is 7. The zero-order valence-corrected chi connectivity index (χ0v) is 14.1. The largest absolute Gasteiger partial charge is 0.357 e. The lowest BCUT2D eigenvalue weighted by molar-refractivity contribution is 0.260. The molecule has 1 aliphatic heterocycles. The SMILES string of the molecule is CCCCN=C(NCC)NCCN1CCc2sccc2C1.